The maximum atomic E-state index is 5.24. The highest BCUT2D eigenvalue weighted by Crippen LogP contribution is 2.41. The molecule has 0 saturated carbocycles. The SMILES string of the molecule is c1ccc(-c2ccc(-c3nc(-c4ccc(-c5c6ccccc6cc6c5ccc5ccccc56)cc4)nc(-c4ccccc4-c4cccc5ccccc45)n3)cc2)cc1. The standard InChI is InChI=1S/C55H35N3/c1-2-13-36(14-3-1)37-25-29-41(30-26-37)53-56-54(58-55(57-53)50-23-11-10-22-48(50)47-24-12-18-38-15-4-7-19-44(38)47)42-31-27-40(28-32-42)52-46-21-9-6-17-43(46)35-51-45-20-8-5-16-39(45)33-34-49(51)52/h1-35H. The van der Waals surface area contributed by atoms with Crippen LogP contribution in [-0.2, 0) is 0 Å². The minimum atomic E-state index is 0.625. The molecule has 0 spiro atoms. The first kappa shape index (κ1) is 33.6. The normalized spacial score (nSPS) is 11.4. The van der Waals surface area contributed by atoms with E-state index < -0.39 is 0 Å². The zero-order valence-electron chi connectivity index (χ0n) is 31.5. The quantitative estimate of drug-likeness (QED) is 0.126. The van der Waals surface area contributed by atoms with Gasteiger partial charge in [-0.15, -0.1) is 0 Å². The second-order valence-electron chi connectivity index (χ2n) is 14.8. The lowest BCUT2D eigenvalue weighted by Crippen LogP contribution is -2.01. The number of hydrogen-bond acceptors (Lipinski definition) is 3. The molecule has 0 saturated heterocycles. The van der Waals surface area contributed by atoms with E-state index in [2.05, 4.69) is 206 Å². The molecule has 10 aromatic carbocycles. The predicted octanol–water partition coefficient (Wildman–Crippen LogP) is 14.5. The summed E-state index contributed by atoms with van der Waals surface area (Å²) in [6.07, 6.45) is 0. The topological polar surface area (TPSA) is 38.7 Å². The van der Waals surface area contributed by atoms with Crippen LogP contribution in [0.5, 0.6) is 0 Å². The van der Waals surface area contributed by atoms with E-state index in [9.17, 15) is 0 Å². The van der Waals surface area contributed by atoms with Crippen molar-refractivity contribution in [1.29, 1.82) is 0 Å². The Hall–Kier alpha value is -7.75. The first-order chi connectivity index (χ1) is 28.7. The summed E-state index contributed by atoms with van der Waals surface area (Å²) < 4.78 is 0. The van der Waals surface area contributed by atoms with E-state index in [1.807, 2.05) is 6.07 Å². The monoisotopic (exact) mass is 737 g/mol. The number of rotatable bonds is 6. The van der Waals surface area contributed by atoms with Gasteiger partial charge in [-0.05, 0) is 82.5 Å². The van der Waals surface area contributed by atoms with Crippen LogP contribution in [0.4, 0.5) is 0 Å². The molecule has 0 aliphatic rings. The molecular formula is C55H35N3. The fourth-order valence-electron chi connectivity index (χ4n) is 8.49. The van der Waals surface area contributed by atoms with Crippen molar-refractivity contribution in [2.45, 2.75) is 0 Å². The van der Waals surface area contributed by atoms with Crippen LogP contribution in [0.15, 0.2) is 212 Å². The van der Waals surface area contributed by atoms with E-state index in [1.165, 1.54) is 54.2 Å². The Bertz CT molecular complexity index is 3310. The predicted molar refractivity (Wildman–Crippen MR) is 242 cm³/mol. The van der Waals surface area contributed by atoms with Crippen LogP contribution in [0.25, 0.3) is 111 Å². The first-order valence-corrected chi connectivity index (χ1v) is 19.7. The third-order valence-corrected chi connectivity index (χ3v) is 11.3. The molecule has 3 heteroatoms. The lowest BCUT2D eigenvalue weighted by atomic mass is 9.89. The number of benzene rings is 10. The van der Waals surface area contributed by atoms with Gasteiger partial charge in [-0.3, -0.25) is 0 Å². The summed E-state index contributed by atoms with van der Waals surface area (Å²) in [7, 11) is 0. The number of nitrogens with zero attached hydrogens (tertiary/aromatic N) is 3. The summed E-state index contributed by atoms with van der Waals surface area (Å²) >= 11 is 0. The van der Waals surface area contributed by atoms with Gasteiger partial charge in [0.2, 0.25) is 0 Å². The molecule has 1 heterocycles. The number of aromatic nitrogens is 3. The van der Waals surface area contributed by atoms with E-state index in [4.69, 9.17) is 15.0 Å². The lowest BCUT2D eigenvalue weighted by molar-refractivity contribution is 1.07. The first-order valence-electron chi connectivity index (χ1n) is 19.7. The smallest absolute Gasteiger partial charge is 0.164 e. The molecule has 1 aromatic heterocycles. The van der Waals surface area contributed by atoms with E-state index in [0.717, 1.165) is 38.9 Å². The summed E-state index contributed by atoms with van der Waals surface area (Å²) in [6.45, 7) is 0. The van der Waals surface area contributed by atoms with Gasteiger partial charge in [0.1, 0.15) is 0 Å². The largest absolute Gasteiger partial charge is 0.208 e. The van der Waals surface area contributed by atoms with Crippen molar-refractivity contribution in [3.05, 3.63) is 212 Å². The molecule has 0 atom stereocenters. The molecule has 0 aliphatic heterocycles. The van der Waals surface area contributed by atoms with Crippen LogP contribution in [0.2, 0.25) is 0 Å². The van der Waals surface area contributed by atoms with Gasteiger partial charge in [-0.25, -0.2) is 15.0 Å². The molecular weight excluding hydrogens is 703 g/mol. The van der Waals surface area contributed by atoms with Gasteiger partial charge in [0.25, 0.3) is 0 Å². The van der Waals surface area contributed by atoms with Crippen molar-refractivity contribution in [3.8, 4) is 67.5 Å². The maximum absolute atomic E-state index is 5.24. The average Bonchev–Trinajstić information content (AvgIpc) is 3.31. The molecule has 0 N–H and O–H groups in total. The minimum absolute atomic E-state index is 0.625. The number of hydrogen-bond donors (Lipinski definition) is 0. The summed E-state index contributed by atoms with van der Waals surface area (Å²) in [6, 6.07) is 75.3. The third-order valence-electron chi connectivity index (χ3n) is 11.3. The van der Waals surface area contributed by atoms with Crippen LogP contribution >= 0.6 is 0 Å². The second-order valence-corrected chi connectivity index (χ2v) is 14.8. The van der Waals surface area contributed by atoms with Gasteiger partial charge in [0.15, 0.2) is 17.5 Å². The molecule has 0 aliphatic carbocycles. The van der Waals surface area contributed by atoms with Crippen molar-refractivity contribution >= 4 is 43.1 Å². The van der Waals surface area contributed by atoms with Gasteiger partial charge in [0.05, 0.1) is 0 Å². The van der Waals surface area contributed by atoms with E-state index in [1.54, 1.807) is 0 Å². The van der Waals surface area contributed by atoms with Crippen LogP contribution < -0.4 is 0 Å². The number of fused-ring (bicyclic) bond motifs is 5. The summed E-state index contributed by atoms with van der Waals surface area (Å²) in [5, 5.41) is 9.82. The zero-order chi connectivity index (χ0) is 38.4. The molecule has 11 aromatic rings. The van der Waals surface area contributed by atoms with Crippen LogP contribution in [0.1, 0.15) is 0 Å². The second kappa shape index (κ2) is 14.1. The van der Waals surface area contributed by atoms with Crippen molar-refractivity contribution < 1.29 is 0 Å². The summed E-state index contributed by atoms with van der Waals surface area (Å²) in [5.41, 5.74) is 9.71. The lowest BCUT2D eigenvalue weighted by Gasteiger charge is -2.15. The highest BCUT2D eigenvalue weighted by atomic mass is 15.0. The Morgan fingerprint density at radius 3 is 1.43 bits per heavy atom. The molecule has 0 bridgehead atoms. The minimum Gasteiger partial charge on any atom is -0.208 e. The van der Waals surface area contributed by atoms with Crippen molar-refractivity contribution in [2.75, 3.05) is 0 Å². The van der Waals surface area contributed by atoms with Gasteiger partial charge < -0.3 is 0 Å². The third kappa shape index (κ3) is 5.89. The summed E-state index contributed by atoms with van der Waals surface area (Å²) in [5.74, 6) is 1.88. The maximum Gasteiger partial charge on any atom is 0.164 e. The highest BCUT2D eigenvalue weighted by Gasteiger charge is 2.18. The van der Waals surface area contributed by atoms with E-state index >= 15 is 0 Å². The van der Waals surface area contributed by atoms with Crippen LogP contribution in [-0.4, -0.2) is 15.0 Å². The van der Waals surface area contributed by atoms with Gasteiger partial charge in [-0.1, -0.05) is 206 Å². The van der Waals surface area contributed by atoms with Gasteiger partial charge in [0, 0.05) is 16.7 Å². The zero-order valence-corrected chi connectivity index (χ0v) is 31.5. The summed E-state index contributed by atoms with van der Waals surface area (Å²) in [4.78, 5) is 15.6. The Morgan fingerprint density at radius 2 is 0.707 bits per heavy atom. The molecule has 0 radical (unpaired) electrons. The fourth-order valence-corrected chi connectivity index (χ4v) is 8.49. The van der Waals surface area contributed by atoms with E-state index in [-0.39, 0.29) is 0 Å². The van der Waals surface area contributed by atoms with Crippen molar-refractivity contribution in [3.63, 3.8) is 0 Å². The average molecular weight is 738 g/mol. The van der Waals surface area contributed by atoms with Crippen molar-refractivity contribution in [2.24, 2.45) is 0 Å². The van der Waals surface area contributed by atoms with Crippen LogP contribution in [0, 0.1) is 0 Å². The van der Waals surface area contributed by atoms with Gasteiger partial charge >= 0.3 is 0 Å². The van der Waals surface area contributed by atoms with Crippen molar-refractivity contribution in [1.82, 2.24) is 15.0 Å². The Morgan fingerprint density at radius 1 is 0.224 bits per heavy atom. The molecule has 58 heavy (non-hydrogen) atoms. The van der Waals surface area contributed by atoms with Crippen LogP contribution in [0.3, 0.4) is 0 Å². The molecule has 11 rings (SSSR count). The highest BCUT2D eigenvalue weighted by molar-refractivity contribution is 6.20. The molecule has 0 unspecified atom stereocenters. The molecule has 0 fully saturated rings. The molecule has 270 valence electrons. The van der Waals surface area contributed by atoms with Gasteiger partial charge in [-0.2, -0.15) is 0 Å². The Kier molecular flexibility index (Phi) is 8.15. The molecule has 3 nitrogen and oxygen atoms in total. The Labute approximate surface area is 336 Å². The molecule has 0 amide bonds. The van der Waals surface area contributed by atoms with E-state index in [0.29, 0.717) is 17.5 Å². The fraction of sp³-hybridized carbons (Fsp3) is 0. The Balaban J connectivity index is 1.07.